The Hall–Kier alpha value is -0.150. The Balaban J connectivity index is 2.25. The minimum atomic E-state index is -3.63. The van der Waals surface area contributed by atoms with E-state index in [0.717, 1.165) is 11.3 Å². The van der Waals surface area contributed by atoms with Gasteiger partial charge in [-0.15, -0.1) is 11.3 Å². The highest BCUT2D eigenvalue weighted by Crippen LogP contribution is 2.37. The summed E-state index contributed by atoms with van der Waals surface area (Å²) >= 11 is 9.99. The van der Waals surface area contributed by atoms with E-state index in [1.165, 1.54) is 10.4 Å². The summed E-state index contributed by atoms with van der Waals surface area (Å²) in [5.74, 6) is -1.59. The average Bonchev–Trinajstić information content (AvgIpc) is 2.87. The zero-order chi connectivity index (χ0) is 13.5. The van der Waals surface area contributed by atoms with Gasteiger partial charge in [0.15, 0.2) is 0 Å². The fraction of sp³-hybridized carbons (Fsp3) is 0.444. The number of aliphatic carboxylic acids is 1. The quantitative estimate of drug-likeness (QED) is 0.880. The zero-order valence-electron chi connectivity index (χ0n) is 8.97. The maximum atomic E-state index is 12.2. The van der Waals surface area contributed by atoms with Crippen molar-refractivity contribution < 1.29 is 18.3 Å². The second-order valence-electron chi connectivity index (χ2n) is 3.87. The highest BCUT2D eigenvalue weighted by atomic mass is 79.9. The van der Waals surface area contributed by atoms with Gasteiger partial charge in [0.1, 0.15) is 4.21 Å². The first-order chi connectivity index (χ1) is 8.32. The number of carbonyl (C=O) groups is 1. The van der Waals surface area contributed by atoms with Gasteiger partial charge >= 0.3 is 5.97 Å². The summed E-state index contributed by atoms with van der Waals surface area (Å²) in [5.41, 5.74) is 0. The molecule has 1 N–H and O–H groups in total. The lowest BCUT2D eigenvalue weighted by Gasteiger charge is -2.14. The molecule has 1 aliphatic rings. The fourth-order valence-electron chi connectivity index (χ4n) is 1.73. The number of carboxylic acids is 1. The van der Waals surface area contributed by atoms with Gasteiger partial charge < -0.3 is 5.11 Å². The van der Waals surface area contributed by atoms with Crippen LogP contribution in [0.5, 0.6) is 0 Å². The van der Waals surface area contributed by atoms with Gasteiger partial charge in [-0.25, -0.2) is 8.42 Å². The summed E-state index contributed by atoms with van der Waals surface area (Å²) in [6, 6.07) is 1.37. The smallest absolute Gasteiger partial charge is 0.307 e. The van der Waals surface area contributed by atoms with Gasteiger partial charge in [0.05, 0.1) is 14.7 Å². The van der Waals surface area contributed by atoms with Crippen LogP contribution < -0.4 is 0 Å². The highest BCUT2D eigenvalue weighted by Gasteiger charge is 2.36. The molecule has 0 saturated carbocycles. The number of nitrogens with zero attached hydrogens (tertiary/aromatic N) is 1. The van der Waals surface area contributed by atoms with Gasteiger partial charge in [-0.3, -0.25) is 4.79 Å². The van der Waals surface area contributed by atoms with Crippen molar-refractivity contribution in [3.8, 4) is 0 Å². The Morgan fingerprint density at radius 1 is 1.61 bits per heavy atom. The Morgan fingerprint density at radius 3 is 2.72 bits per heavy atom. The molecule has 1 saturated heterocycles. The van der Waals surface area contributed by atoms with Gasteiger partial charge in [0.25, 0.3) is 10.0 Å². The predicted octanol–water partition coefficient (Wildman–Crippen LogP) is 2.26. The minimum Gasteiger partial charge on any atom is -0.481 e. The topological polar surface area (TPSA) is 74.7 Å². The summed E-state index contributed by atoms with van der Waals surface area (Å²) in [7, 11) is -3.63. The lowest BCUT2D eigenvalue weighted by atomic mass is 10.1. The SMILES string of the molecule is O=C(O)C1CCN(S(=O)(=O)c2cc(Cl)c(Br)s2)C1. The van der Waals surface area contributed by atoms with Gasteiger partial charge in [-0.2, -0.15) is 4.31 Å². The third-order valence-corrected chi connectivity index (χ3v) is 7.51. The monoisotopic (exact) mass is 373 g/mol. The van der Waals surface area contributed by atoms with Crippen LogP contribution >= 0.6 is 38.9 Å². The van der Waals surface area contributed by atoms with Crippen molar-refractivity contribution in [3.05, 3.63) is 14.9 Å². The number of thiophene rings is 1. The van der Waals surface area contributed by atoms with E-state index in [2.05, 4.69) is 15.9 Å². The van der Waals surface area contributed by atoms with E-state index in [9.17, 15) is 13.2 Å². The summed E-state index contributed by atoms with van der Waals surface area (Å²) < 4.78 is 26.3. The van der Waals surface area contributed by atoms with Crippen LogP contribution in [0.3, 0.4) is 0 Å². The van der Waals surface area contributed by atoms with Gasteiger partial charge in [0.2, 0.25) is 0 Å². The van der Waals surface area contributed by atoms with E-state index in [1.54, 1.807) is 0 Å². The predicted molar refractivity (Wildman–Crippen MR) is 71.5 cm³/mol. The van der Waals surface area contributed by atoms with Crippen molar-refractivity contribution in [2.45, 2.75) is 10.6 Å². The Morgan fingerprint density at radius 2 is 2.28 bits per heavy atom. The first kappa shape index (κ1) is 14.3. The molecule has 1 aromatic rings. The second-order valence-corrected chi connectivity index (χ2v) is 8.82. The molecule has 5 nitrogen and oxygen atoms in total. The molecule has 1 atom stereocenters. The minimum absolute atomic E-state index is 0.0187. The van der Waals surface area contributed by atoms with E-state index in [0.29, 0.717) is 15.2 Å². The maximum absolute atomic E-state index is 12.2. The Bertz CT molecular complexity index is 566. The molecule has 1 fully saturated rings. The van der Waals surface area contributed by atoms with Crippen LogP contribution in [0.2, 0.25) is 5.02 Å². The third-order valence-electron chi connectivity index (χ3n) is 2.72. The first-order valence-electron chi connectivity index (χ1n) is 5.00. The van der Waals surface area contributed by atoms with Crippen LogP contribution in [0.4, 0.5) is 0 Å². The fourth-order valence-corrected chi connectivity index (χ4v) is 5.78. The van der Waals surface area contributed by atoms with Crippen LogP contribution in [0.1, 0.15) is 6.42 Å². The molecule has 1 aliphatic heterocycles. The number of hydrogen-bond donors (Lipinski definition) is 1. The molecule has 18 heavy (non-hydrogen) atoms. The molecule has 1 unspecified atom stereocenters. The maximum Gasteiger partial charge on any atom is 0.307 e. The van der Waals surface area contributed by atoms with E-state index in [-0.39, 0.29) is 17.3 Å². The molecular weight excluding hydrogens is 366 g/mol. The summed E-state index contributed by atoms with van der Waals surface area (Å²) in [6.07, 6.45) is 0.342. The van der Waals surface area contributed by atoms with Crippen molar-refractivity contribution in [1.82, 2.24) is 4.31 Å². The number of halogens is 2. The molecule has 0 bridgehead atoms. The summed E-state index contributed by atoms with van der Waals surface area (Å²) in [4.78, 5) is 10.8. The van der Waals surface area contributed by atoms with E-state index in [1.807, 2.05) is 0 Å². The molecule has 0 aliphatic carbocycles. The summed E-state index contributed by atoms with van der Waals surface area (Å²) in [5, 5.41) is 9.21. The van der Waals surface area contributed by atoms with Crippen molar-refractivity contribution in [3.63, 3.8) is 0 Å². The van der Waals surface area contributed by atoms with Crippen molar-refractivity contribution in [2.75, 3.05) is 13.1 Å². The lowest BCUT2D eigenvalue weighted by Crippen LogP contribution is -2.29. The highest BCUT2D eigenvalue weighted by molar-refractivity contribution is 9.11. The number of rotatable bonds is 3. The molecular formula is C9H9BrClNO4S2. The Labute approximate surface area is 122 Å². The van der Waals surface area contributed by atoms with Crippen LogP contribution in [-0.4, -0.2) is 36.9 Å². The molecule has 0 aromatic carbocycles. The van der Waals surface area contributed by atoms with E-state index in [4.69, 9.17) is 16.7 Å². The molecule has 0 spiro atoms. The van der Waals surface area contributed by atoms with Crippen molar-refractivity contribution >= 4 is 54.9 Å². The second kappa shape index (κ2) is 5.09. The molecule has 1 aromatic heterocycles. The zero-order valence-corrected chi connectivity index (χ0v) is 12.9. The van der Waals surface area contributed by atoms with Crippen molar-refractivity contribution in [2.24, 2.45) is 5.92 Å². The molecule has 0 radical (unpaired) electrons. The van der Waals surface area contributed by atoms with Gasteiger partial charge in [0, 0.05) is 13.1 Å². The first-order valence-corrected chi connectivity index (χ1v) is 8.43. The number of sulfonamides is 1. The molecule has 0 amide bonds. The molecule has 2 rings (SSSR count). The van der Waals surface area contributed by atoms with Crippen LogP contribution in [0, 0.1) is 5.92 Å². The van der Waals surface area contributed by atoms with E-state index >= 15 is 0 Å². The van der Waals surface area contributed by atoms with Crippen LogP contribution in [0.25, 0.3) is 0 Å². The number of hydrogen-bond acceptors (Lipinski definition) is 4. The van der Waals surface area contributed by atoms with Gasteiger partial charge in [-0.1, -0.05) is 11.6 Å². The number of carboxylic acid groups (broad SMARTS) is 1. The standard InChI is InChI=1S/C9H9BrClNO4S2/c10-8-6(11)3-7(17-8)18(15,16)12-2-1-5(4-12)9(13)14/h3,5H,1-2,4H2,(H,13,14). The summed E-state index contributed by atoms with van der Waals surface area (Å²) in [6.45, 7) is 0.247. The van der Waals surface area contributed by atoms with Gasteiger partial charge in [-0.05, 0) is 28.4 Å². The van der Waals surface area contributed by atoms with Crippen LogP contribution in [-0.2, 0) is 14.8 Å². The largest absolute Gasteiger partial charge is 0.481 e. The lowest BCUT2D eigenvalue weighted by molar-refractivity contribution is -0.141. The molecule has 9 heteroatoms. The normalized spacial score (nSPS) is 21.3. The molecule has 100 valence electrons. The van der Waals surface area contributed by atoms with E-state index < -0.39 is 21.9 Å². The average molecular weight is 375 g/mol. The third kappa shape index (κ3) is 2.57. The van der Waals surface area contributed by atoms with Crippen LogP contribution in [0.15, 0.2) is 14.1 Å². The van der Waals surface area contributed by atoms with Crippen molar-refractivity contribution in [1.29, 1.82) is 0 Å². The Kier molecular flexibility index (Phi) is 4.03. The molecule has 2 heterocycles.